The topological polar surface area (TPSA) is 75.3 Å². The molecule has 1 atom stereocenters. The molecule has 0 radical (unpaired) electrons. The Balaban J connectivity index is 2.29. The van der Waals surface area contributed by atoms with Crippen LogP contribution in [-0.2, 0) is 4.79 Å². The summed E-state index contributed by atoms with van der Waals surface area (Å²) >= 11 is 0. The molecule has 0 aromatic carbocycles. The van der Waals surface area contributed by atoms with Gasteiger partial charge in [0.25, 0.3) is 0 Å². The molecule has 0 amide bonds. The van der Waals surface area contributed by atoms with Crippen LogP contribution in [0.4, 0.5) is 0 Å². The lowest BCUT2D eigenvalue weighted by Gasteiger charge is -2.25. The van der Waals surface area contributed by atoms with Gasteiger partial charge in [-0.05, 0) is 32.2 Å². The Kier molecular flexibility index (Phi) is 6.72. The van der Waals surface area contributed by atoms with Crippen LogP contribution in [0.2, 0.25) is 6.32 Å². The molecular weight excluding hydrogens is 227 g/mol. The molecule has 1 rings (SSSR count). The van der Waals surface area contributed by atoms with Crippen LogP contribution < -0.4 is 11.1 Å². The van der Waals surface area contributed by atoms with E-state index in [4.69, 9.17) is 5.73 Å². The summed E-state index contributed by atoms with van der Waals surface area (Å²) in [5.41, 5.74) is 4.99. The predicted octanol–water partition coefficient (Wildman–Crippen LogP) is 0.913. The number of carboxylic acids is 1. The van der Waals surface area contributed by atoms with Crippen molar-refractivity contribution in [3.63, 3.8) is 0 Å². The van der Waals surface area contributed by atoms with E-state index in [-0.39, 0.29) is 0 Å². The van der Waals surface area contributed by atoms with Gasteiger partial charge in [-0.15, -0.1) is 0 Å². The third-order valence-corrected chi connectivity index (χ3v) is 4.01. The Morgan fingerprint density at radius 1 is 1.33 bits per heavy atom. The normalized spacial score (nSPS) is 19.8. The highest BCUT2D eigenvalue weighted by molar-refractivity contribution is 6.08. The van der Waals surface area contributed by atoms with Crippen LogP contribution in [-0.4, -0.2) is 37.0 Å². The quantitative estimate of drug-likeness (QED) is 0.422. The van der Waals surface area contributed by atoms with Gasteiger partial charge in [0.05, 0.1) is 0 Å². The predicted molar refractivity (Wildman–Crippen MR) is 76.6 cm³/mol. The third-order valence-electron chi connectivity index (χ3n) is 4.01. The van der Waals surface area contributed by atoms with Gasteiger partial charge >= 0.3 is 5.97 Å². The maximum Gasteiger partial charge on any atom is 0.323 e. The number of carbonyl (C=O) groups is 1. The minimum atomic E-state index is -1.04. The molecule has 0 bridgehead atoms. The lowest BCUT2D eigenvalue weighted by molar-refractivity contribution is -0.144. The second-order valence-electron chi connectivity index (χ2n) is 5.60. The van der Waals surface area contributed by atoms with Crippen LogP contribution in [0.3, 0.4) is 0 Å². The first-order valence-corrected chi connectivity index (χ1v) is 7.34. The van der Waals surface area contributed by atoms with Crippen LogP contribution in [0.1, 0.15) is 51.4 Å². The molecule has 4 N–H and O–H groups in total. The number of nitrogens with two attached hydrogens (primary N) is 1. The standard InChI is InChI=1S/C13H27BN2O2/c14-9-4-3-7-13(15,12(17)18)8-10-16-11-5-1-2-6-11/h11,16H,1-10,14-15H2,(H,17,18). The van der Waals surface area contributed by atoms with Crippen molar-refractivity contribution in [3.05, 3.63) is 0 Å². The zero-order valence-electron chi connectivity index (χ0n) is 11.6. The van der Waals surface area contributed by atoms with Gasteiger partial charge in [0, 0.05) is 6.04 Å². The molecule has 0 aliphatic heterocycles. The Labute approximate surface area is 111 Å². The van der Waals surface area contributed by atoms with Crippen LogP contribution in [0.15, 0.2) is 0 Å². The molecule has 18 heavy (non-hydrogen) atoms. The molecule has 0 aromatic heterocycles. The van der Waals surface area contributed by atoms with Crippen molar-refractivity contribution in [3.8, 4) is 0 Å². The van der Waals surface area contributed by atoms with E-state index in [1.165, 1.54) is 25.7 Å². The fraction of sp³-hybridized carbons (Fsp3) is 0.923. The summed E-state index contributed by atoms with van der Waals surface area (Å²) in [4.78, 5) is 11.3. The highest BCUT2D eigenvalue weighted by atomic mass is 16.4. The lowest BCUT2D eigenvalue weighted by atomic mass is 9.88. The van der Waals surface area contributed by atoms with Gasteiger partial charge in [0.2, 0.25) is 0 Å². The smallest absolute Gasteiger partial charge is 0.323 e. The average molecular weight is 254 g/mol. The second kappa shape index (κ2) is 7.79. The Morgan fingerprint density at radius 2 is 2.00 bits per heavy atom. The lowest BCUT2D eigenvalue weighted by Crippen LogP contribution is -2.50. The van der Waals surface area contributed by atoms with E-state index in [9.17, 15) is 9.90 Å². The Bertz CT molecular complexity index is 257. The molecule has 1 aliphatic rings. The van der Waals surface area contributed by atoms with Crippen molar-refractivity contribution in [2.45, 2.75) is 69.3 Å². The van der Waals surface area contributed by atoms with Gasteiger partial charge in [-0.3, -0.25) is 4.79 Å². The largest absolute Gasteiger partial charge is 0.480 e. The minimum absolute atomic E-state index is 0.530. The molecule has 1 aliphatic carbocycles. The zero-order valence-corrected chi connectivity index (χ0v) is 11.6. The highest BCUT2D eigenvalue weighted by Gasteiger charge is 2.32. The molecule has 1 fully saturated rings. The van der Waals surface area contributed by atoms with Crippen molar-refractivity contribution in [1.82, 2.24) is 5.32 Å². The summed E-state index contributed by atoms with van der Waals surface area (Å²) in [6.45, 7) is 0.722. The van der Waals surface area contributed by atoms with Crippen molar-refractivity contribution >= 4 is 13.8 Å². The van der Waals surface area contributed by atoms with Gasteiger partial charge in [-0.2, -0.15) is 0 Å². The number of hydrogen-bond acceptors (Lipinski definition) is 3. The molecule has 0 aromatic rings. The fourth-order valence-corrected chi connectivity index (χ4v) is 2.66. The number of unbranched alkanes of at least 4 members (excludes halogenated alkanes) is 1. The average Bonchev–Trinajstić information content (AvgIpc) is 2.82. The van der Waals surface area contributed by atoms with Gasteiger partial charge < -0.3 is 16.2 Å². The summed E-state index contributed by atoms with van der Waals surface area (Å²) in [6.07, 6.45) is 9.20. The molecule has 4 nitrogen and oxygen atoms in total. The molecule has 104 valence electrons. The monoisotopic (exact) mass is 254 g/mol. The SMILES string of the molecule is BCCCCC(N)(CCNC1CCCC1)C(=O)O. The molecule has 5 heteroatoms. The zero-order chi connectivity index (χ0) is 13.4. The molecular formula is C13H27BN2O2. The van der Waals surface area contributed by atoms with Gasteiger partial charge in [0.15, 0.2) is 0 Å². The minimum Gasteiger partial charge on any atom is -0.480 e. The summed E-state index contributed by atoms with van der Waals surface area (Å²) in [6, 6.07) is 0.582. The number of carboxylic acid groups (broad SMARTS) is 1. The summed E-state index contributed by atoms with van der Waals surface area (Å²) < 4.78 is 0. The first kappa shape index (κ1) is 15.5. The first-order valence-electron chi connectivity index (χ1n) is 7.34. The first-order chi connectivity index (χ1) is 8.58. The van der Waals surface area contributed by atoms with Crippen LogP contribution in [0, 0.1) is 0 Å². The van der Waals surface area contributed by atoms with Gasteiger partial charge in [0.1, 0.15) is 13.4 Å². The van der Waals surface area contributed by atoms with E-state index in [0.717, 1.165) is 25.7 Å². The fourth-order valence-electron chi connectivity index (χ4n) is 2.66. The number of nitrogens with one attached hydrogen (secondary N) is 1. The van der Waals surface area contributed by atoms with E-state index in [1.807, 2.05) is 0 Å². The van der Waals surface area contributed by atoms with Gasteiger partial charge in [-0.25, -0.2) is 0 Å². The summed E-state index contributed by atoms with van der Waals surface area (Å²) in [7, 11) is 2.11. The molecule has 0 heterocycles. The van der Waals surface area contributed by atoms with E-state index in [1.54, 1.807) is 0 Å². The van der Waals surface area contributed by atoms with Crippen molar-refractivity contribution in [2.75, 3.05) is 6.54 Å². The van der Waals surface area contributed by atoms with Gasteiger partial charge in [-0.1, -0.05) is 32.0 Å². The van der Waals surface area contributed by atoms with E-state index in [2.05, 4.69) is 13.2 Å². The van der Waals surface area contributed by atoms with Crippen molar-refractivity contribution < 1.29 is 9.90 Å². The number of hydrogen-bond donors (Lipinski definition) is 3. The van der Waals surface area contributed by atoms with E-state index >= 15 is 0 Å². The maximum atomic E-state index is 11.3. The molecule has 1 saturated carbocycles. The van der Waals surface area contributed by atoms with E-state index in [0.29, 0.717) is 18.9 Å². The van der Waals surface area contributed by atoms with Crippen molar-refractivity contribution in [2.24, 2.45) is 5.73 Å². The number of aliphatic carboxylic acids is 1. The van der Waals surface area contributed by atoms with Crippen LogP contribution >= 0.6 is 0 Å². The third kappa shape index (κ3) is 4.98. The number of rotatable bonds is 9. The molecule has 0 spiro atoms. The second-order valence-corrected chi connectivity index (χ2v) is 5.60. The van der Waals surface area contributed by atoms with E-state index < -0.39 is 11.5 Å². The van der Waals surface area contributed by atoms with Crippen LogP contribution in [0.5, 0.6) is 0 Å². The maximum absolute atomic E-state index is 11.3. The molecule has 1 unspecified atom stereocenters. The summed E-state index contributed by atoms with van der Waals surface area (Å²) in [5, 5.41) is 12.7. The van der Waals surface area contributed by atoms with Crippen molar-refractivity contribution in [1.29, 1.82) is 0 Å². The highest BCUT2D eigenvalue weighted by Crippen LogP contribution is 2.19. The van der Waals surface area contributed by atoms with Crippen LogP contribution in [0.25, 0.3) is 0 Å². The Morgan fingerprint density at radius 3 is 2.56 bits per heavy atom. The molecule has 0 saturated heterocycles. The Hall–Kier alpha value is -0.545. The summed E-state index contributed by atoms with van der Waals surface area (Å²) in [5.74, 6) is -0.855.